The lowest BCUT2D eigenvalue weighted by Crippen LogP contribution is -2.38. The fourth-order valence-electron chi connectivity index (χ4n) is 2.41. The normalized spacial score (nSPS) is 11.9. The molecule has 2 aromatic carbocycles. The molecular weight excluding hydrogens is 344 g/mol. The molecule has 2 aromatic rings. The first-order valence-corrected chi connectivity index (χ1v) is 8.25. The molecule has 1 aliphatic heterocycles. The van der Waals surface area contributed by atoms with Crippen LogP contribution in [0.4, 0.5) is 4.79 Å². The summed E-state index contributed by atoms with van der Waals surface area (Å²) in [5.41, 5.74) is 0.974. The fourth-order valence-corrected chi connectivity index (χ4v) is 2.62. The molecule has 1 aliphatic rings. The lowest BCUT2D eigenvalue weighted by Gasteiger charge is -2.18. The van der Waals surface area contributed by atoms with Gasteiger partial charge in [0.2, 0.25) is 6.79 Å². The van der Waals surface area contributed by atoms with Crippen LogP contribution in [-0.2, 0) is 6.54 Å². The second-order valence-electron chi connectivity index (χ2n) is 5.58. The zero-order valence-electron chi connectivity index (χ0n) is 13.8. The van der Waals surface area contributed by atoms with Gasteiger partial charge in [0.25, 0.3) is 0 Å². The highest BCUT2D eigenvalue weighted by molar-refractivity contribution is 6.30. The maximum atomic E-state index is 12.1. The maximum absolute atomic E-state index is 12.1. The zero-order chi connectivity index (χ0) is 17.6. The van der Waals surface area contributed by atoms with Crippen molar-refractivity contribution in [1.29, 1.82) is 0 Å². The number of amides is 2. The molecule has 25 heavy (non-hydrogen) atoms. The molecule has 0 bridgehead atoms. The summed E-state index contributed by atoms with van der Waals surface area (Å²) in [5, 5.41) is 3.47. The Morgan fingerprint density at radius 2 is 2.08 bits per heavy atom. The molecule has 2 amide bonds. The van der Waals surface area contributed by atoms with E-state index in [-0.39, 0.29) is 12.8 Å². The van der Waals surface area contributed by atoms with Crippen molar-refractivity contribution in [2.45, 2.75) is 6.54 Å². The minimum atomic E-state index is -0.172. The molecule has 1 heterocycles. The highest BCUT2D eigenvalue weighted by Crippen LogP contribution is 2.34. The molecule has 0 aromatic heterocycles. The molecular formula is C18H19ClN2O4. The molecule has 0 atom stereocenters. The molecule has 1 N–H and O–H groups in total. The van der Waals surface area contributed by atoms with Gasteiger partial charge in [-0.3, -0.25) is 0 Å². The van der Waals surface area contributed by atoms with Crippen LogP contribution in [0.25, 0.3) is 0 Å². The van der Waals surface area contributed by atoms with Crippen molar-refractivity contribution >= 4 is 17.6 Å². The number of urea groups is 1. The summed E-state index contributed by atoms with van der Waals surface area (Å²) in [5.74, 6) is 2.05. The van der Waals surface area contributed by atoms with Crippen LogP contribution in [-0.4, -0.2) is 37.9 Å². The van der Waals surface area contributed by atoms with Crippen molar-refractivity contribution in [1.82, 2.24) is 10.2 Å². The van der Waals surface area contributed by atoms with Crippen molar-refractivity contribution in [3.05, 3.63) is 53.1 Å². The van der Waals surface area contributed by atoms with E-state index in [0.29, 0.717) is 42.0 Å². The van der Waals surface area contributed by atoms with E-state index in [4.69, 9.17) is 25.8 Å². The van der Waals surface area contributed by atoms with Crippen molar-refractivity contribution in [2.75, 3.05) is 27.0 Å². The Hall–Kier alpha value is -2.60. The van der Waals surface area contributed by atoms with Gasteiger partial charge in [0.05, 0.1) is 6.54 Å². The number of ether oxygens (including phenoxy) is 3. The third-order valence-electron chi connectivity index (χ3n) is 3.65. The quantitative estimate of drug-likeness (QED) is 0.801. The Morgan fingerprint density at radius 3 is 2.92 bits per heavy atom. The summed E-state index contributed by atoms with van der Waals surface area (Å²) in [7, 11) is 1.73. The average molecular weight is 363 g/mol. The van der Waals surface area contributed by atoms with Gasteiger partial charge in [0.15, 0.2) is 11.5 Å². The molecule has 3 rings (SSSR count). The summed E-state index contributed by atoms with van der Waals surface area (Å²) in [6, 6.07) is 12.6. The number of nitrogens with zero attached hydrogens (tertiary/aromatic N) is 1. The smallest absolute Gasteiger partial charge is 0.317 e. The van der Waals surface area contributed by atoms with Gasteiger partial charge in [0, 0.05) is 24.7 Å². The van der Waals surface area contributed by atoms with Crippen molar-refractivity contribution in [3.63, 3.8) is 0 Å². The first-order valence-electron chi connectivity index (χ1n) is 7.88. The molecule has 0 unspecified atom stereocenters. The van der Waals surface area contributed by atoms with E-state index < -0.39 is 0 Å². The minimum Gasteiger partial charge on any atom is -0.492 e. The van der Waals surface area contributed by atoms with E-state index >= 15 is 0 Å². The number of hydrogen-bond donors (Lipinski definition) is 1. The monoisotopic (exact) mass is 362 g/mol. The minimum absolute atomic E-state index is 0.172. The van der Waals surface area contributed by atoms with Gasteiger partial charge in [-0.1, -0.05) is 23.7 Å². The Kier molecular flexibility index (Phi) is 5.50. The number of hydrogen-bond acceptors (Lipinski definition) is 4. The van der Waals surface area contributed by atoms with E-state index in [1.165, 1.54) is 0 Å². The zero-order valence-corrected chi connectivity index (χ0v) is 14.6. The highest BCUT2D eigenvalue weighted by atomic mass is 35.5. The Bertz CT molecular complexity index is 754. The topological polar surface area (TPSA) is 60.0 Å². The van der Waals surface area contributed by atoms with Gasteiger partial charge in [-0.05, 0) is 29.8 Å². The van der Waals surface area contributed by atoms with Crippen LogP contribution in [0.15, 0.2) is 42.5 Å². The first-order chi connectivity index (χ1) is 12.1. The van der Waals surface area contributed by atoms with E-state index in [1.54, 1.807) is 36.2 Å². The molecule has 0 saturated heterocycles. The van der Waals surface area contributed by atoms with Gasteiger partial charge in [-0.2, -0.15) is 0 Å². The van der Waals surface area contributed by atoms with Crippen LogP contribution in [0.1, 0.15) is 5.56 Å². The van der Waals surface area contributed by atoms with Gasteiger partial charge in [-0.25, -0.2) is 4.79 Å². The molecule has 0 aliphatic carbocycles. The van der Waals surface area contributed by atoms with Crippen molar-refractivity contribution in [2.24, 2.45) is 0 Å². The fraction of sp³-hybridized carbons (Fsp3) is 0.278. The second-order valence-corrected chi connectivity index (χ2v) is 6.02. The maximum Gasteiger partial charge on any atom is 0.317 e. The van der Waals surface area contributed by atoms with Gasteiger partial charge >= 0.3 is 6.03 Å². The molecule has 0 spiro atoms. The molecule has 0 saturated carbocycles. The predicted molar refractivity (Wildman–Crippen MR) is 94.4 cm³/mol. The van der Waals surface area contributed by atoms with Crippen LogP contribution in [0.5, 0.6) is 17.2 Å². The van der Waals surface area contributed by atoms with E-state index in [2.05, 4.69) is 5.32 Å². The van der Waals surface area contributed by atoms with E-state index in [0.717, 1.165) is 5.56 Å². The number of carbonyl (C=O) groups excluding carboxylic acids is 1. The van der Waals surface area contributed by atoms with Crippen LogP contribution >= 0.6 is 11.6 Å². The SMILES string of the molecule is CN(Cc1cccc(Cl)c1)C(=O)NCCOc1ccc2c(c1)OCO2. The number of carbonyl (C=O) groups is 1. The third kappa shape index (κ3) is 4.70. The van der Waals surface area contributed by atoms with Crippen LogP contribution < -0.4 is 19.5 Å². The standard InChI is InChI=1S/C18H19ClN2O4/c1-21(11-13-3-2-4-14(19)9-13)18(22)20-7-8-23-15-5-6-16-17(10-15)25-12-24-16/h2-6,9-10H,7-8,11-12H2,1H3,(H,20,22). The number of fused-ring (bicyclic) bond motifs is 1. The first kappa shape index (κ1) is 17.2. The highest BCUT2D eigenvalue weighted by Gasteiger charge is 2.14. The number of rotatable bonds is 6. The van der Waals surface area contributed by atoms with Gasteiger partial charge in [-0.15, -0.1) is 0 Å². The van der Waals surface area contributed by atoms with Crippen molar-refractivity contribution in [3.8, 4) is 17.2 Å². The van der Waals surface area contributed by atoms with Gasteiger partial charge in [0.1, 0.15) is 12.4 Å². The Labute approximate surface area is 151 Å². The molecule has 132 valence electrons. The Morgan fingerprint density at radius 1 is 1.24 bits per heavy atom. The summed E-state index contributed by atoms with van der Waals surface area (Å²) < 4.78 is 16.1. The largest absolute Gasteiger partial charge is 0.492 e. The summed E-state index contributed by atoms with van der Waals surface area (Å²) >= 11 is 5.95. The second kappa shape index (κ2) is 7.98. The summed E-state index contributed by atoms with van der Waals surface area (Å²) in [6.07, 6.45) is 0. The van der Waals surface area contributed by atoms with E-state index in [9.17, 15) is 4.79 Å². The van der Waals surface area contributed by atoms with Crippen LogP contribution in [0.3, 0.4) is 0 Å². The predicted octanol–water partition coefficient (Wildman–Crippen LogP) is 3.29. The van der Waals surface area contributed by atoms with Crippen LogP contribution in [0, 0.1) is 0 Å². The lowest BCUT2D eigenvalue weighted by molar-refractivity contribution is 0.173. The van der Waals surface area contributed by atoms with E-state index in [1.807, 2.05) is 18.2 Å². The summed E-state index contributed by atoms with van der Waals surface area (Å²) in [6.45, 7) is 1.47. The Balaban J connectivity index is 1.40. The summed E-state index contributed by atoms with van der Waals surface area (Å²) in [4.78, 5) is 13.7. The molecule has 0 fully saturated rings. The average Bonchev–Trinajstić information content (AvgIpc) is 3.06. The molecule has 0 radical (unpaired) electrons. The van der Waals surface area contributed by atoms with Crippen molar-refractivity contribution < 1.29 is 19.0 Å². The third-order valence-corrected chi connectivity index (χ3v) is 3.88. The number of halogens is 1. The molecule has 6 nitrogen and oxygen atoms in total. The number of benzene rings is 2. The van der Waals surface area contributed by atoms with Gasteiger partial charge < -0.3 is 24.4 Å². The number of nitrogens with one attached hydrogen (secondary N) is 1. The lowest BCUT2D eigenvalue weighted by atomic mass is 10.2. The molecule has 7 heteroatoms. The van der Waals surface area contributed by atoms with Crippen LogP contribution in [0.2, 0.25) is 5.02 Å².